The molecule has 1 unspecified atom stereocenters. The minimum atomic E-state index is -4.36. The predicted octanol–water partition coefficient (Wildman–Crippen LogP) is 5.68. The number of likely N-dealkylation sites (tertiary alicyclic amines) is 1. The van der Waals surface area contributed by atoms with Crippen molar-refractivity contribution in [3.05, 3.63) is 51.9 Å². The van der Waals surface area contributed by atoms with E-state index in [2.05, 4.69) is 39.2 Å². The number of hydrogen-bond acceptors (Lipinski definition) is 5. The van der Waals surface area contributed by atoms with Crippen LogP contribution in [0.3, 0.4) is 0 Å². The average molecular weight is 502 g/mol. The van der Waals surface area contributed by atoms with E-state index < -0.39 is 17.8 Å². The highest BCUT2D eigenvalue weighted by Gasteiger charge is 2.39. The zero-order chi connectivity index (χ0) is 24.7. The maximum absolute atomic E-state index is 13.2. The quantitative estimate of drug-likeness (QED) is 0.457. The lowest BCUT2D eigenvalue weighted by atomic mass is 9.88. The highest BCUT2D eigenvalue weighted by molar-refractivity contribution is 7.17. The molecule has 4 heterocycles. The van der Waals surface area contributed by atoms with Crippen molar-refractivity contribution in [1.29, 1.82) is 0 Å². The highest BCUT2D eigenvalue weighted by Crippen LogP contribution is 2.37. The summed E-state index contributed by atoms with van der Waals surface area (Å²) >= 11 is 1.41. The van der Waals surface area contributed by atoms with E-state index in [1.165, 1.54) is 29.9 Å². The minimum Gasteiger partial charge on any atom is -0.337 e. The molecule has 2 aromatic heterocycles. The van der Waals surface area contributed by atoms with Gasteiger partial charge in [-0.25, -0.2) is 4.98 Å². The lowest BCUT2D eigenvalue weighted by molar-refractivity contribution is -0.0943. The Morgan fingerprint density at radius 1 is 1.17 bits per heavy atom. The molecule has 2 N–H and O–H groups in total. The van der Waals surface area contributed by atoms with Gasteiger partial charge in [-0.05, 0) is 88.1 Å². The average Bonchev–Trinajstić information content (AvgIpc) is 3.55. The number of nitrogens with one attached hydrogen (secondary N) is 2. The summed E-state index contributed by atoms with van der Waals surface area (Å²) in [4.78, 5) is 16.6. The molecule has 1 atom stereocenters. The molecular weight excluding hydrogens is 471 g/mol. The molecule has 35 heavy (non-hydrogen) atoms. The molecule has 1 saturated heterocycles. The predicted molar refractivity (Wildman–Crippen MR) is 137 cm³/mol. The SMILES string of the molecule is CNCCN1CCC(c2cc(C)c3nc(-c4ccc(C5=NC(C)C(C(F)(F)F)=C5)s4)[nH]c3c2)CC1. The number of likely N-dealkylation sites (N-methyl/N-ethyl adjacent to an activating group) is 1. The lowest BCUT2D eigenvalue weighted by Gasteiger charge is -2.32. The Hall–Kier alpha value is -2.49. The van der Waals surface area contributed by atoms with Crippen LogP contribution in [0, 0.1) is 6.92 Å². The zero-order valence-electron chi connectivity index (χ0n) is 20.2. The second kappa shape index (κ2) is 9.52. The summed E-state index contributed by atoms with van der Waals surface area (Å²) < 4.78 is 39.6. The van der Waals surface area contributed by atoms with Gasteiger partial charge in [-0.1, -0.05) is 6.07 Å². The zero-order valence-corrected chi connectivity index (χ0v) is 21.0. The van der Waals surface area contributed by atoms with E-state index in [4.69, 9.17) is 4.98 Å². The fourth-order valence-electron chi connectivity index (χ4n) is 5.07. The van der Waals surface area contributed by atoms with Gasteiger partial charge >= 0.3 is 6.18 Å². The van der Waals surface area contributed by atoms with E-state index >= 15 is 0 Å². The van der Waals surface area contributed by atoms with Crippen LogP contribution < -0.4 is 5.32 Å². The Kier molecular flexibility index (Phi) is 6.59. The smallest absolute Gasteiger partial charge is 0.337 e. The Balaban J connectivity index is 1.36. The number of alkyl halides is 3. The standard InChI is InChI=1S/C26H30F3N5S/c1-15-12-18(17-6-9-34(10-7-17)11-8-30-3)13-21-24(15)33-25(32-21)23-5-4-22(35-23)20-14-19(16(2)31-20)26(27,28)29/h4-5,12-14,16-17,30H,6-11H2,1-3H3,(H,32,33). The lowest BCUT2D eigenvalue weighted by Crippen LogP contribution is -2.37. The summed E-state index contributed by atoms with van der Waals surface area (Å²) in [7, 11) is 1.99. The van der Waals surface area contributed by atoms with Gasteiger partial charge in [-0.3, -0.25) is 4.99 Å². The molecule has 0 amide bonds. The number of thiophene rings is 1. The van der Waals surface area contributed by atoms with E-state index in [-0.39, 0.29) is 0 Å². The molecule has 5 rings (SSSR count). The monoisotopic (exact) mass is 501 g/mol. The van der Waals surface area contributed by atoms with Crippen LogP contribution >= 0.6 is 11.3 Å². The van der Waals surface area contributed by atoms with Crippen molar-refractivity contribution in [2.24, 2.45) is 4.99 Å². The van der Waals surface area contributed by atoms with Gasteiger partial charge in [0, 0.05) is 13.1 Å². The number of hydrogen-bond donors (Lipinski definition) is 2. The fraction of sp³-hybridized carbons (Fsp3) is 0.462. The van der Waals surface area contributed by atoms with Crippen LogP contribution in [0.4, 0.5) is 13.2 Å². The van der Waals surface area contributed by atoms with Crippen LogP contribution in [0.25, 0.3) is 21.7 Å². The van der Waals surface area contributed by atoms with E-state index in [0.717, 1.165) is 66.3 Å². The van der Waals surface area contributed by atoms with Crippen LogP contribution in [0.15, 0.2) is 40.9 Å². The minimum absolute atomic E-state index is 0.386. The van der Waals surface area contributed by atoms with E-state index in [1.54, 1.807) is 0 Å². The number of halogens is 3. The highest BCUT2D eigenvalue weighted by atomic mass is 32.1. The number of aliphatic imine (C=N–C) groups is 1. The maximum atomic E-state index is 13.2. The number of imidazole rings is 1. The van der Waals surface area contributed by atoms with E-state index in [0.29, 0.717) is 16.5 Å². The van der Waals surface area contributed by atoms with Crippen molar-refractivity contribution < 1.29 is 13.2 Å². The van der Waals surface area contributed by atoms with Gasteiger partial charge in [-0.15, -0.1) is 11.3 Å². The van der Waals surface area contributed by atoms with Crippen LogP contribution in [-0.4, -0.2) is 66.0 Å². The van der Waals surface area contributed by atoms with Gasteiger partial charge in [-0.2, -0.15) is 13.2 Å². The summed E-state index contributed by atoms with van der Waals surface area (Å²) in [6.45, 7) is 7.91. The van der Waals surface area contributed by atoms with Crippen LogP contribution in [-0.2, 0) is 0 Å². The third-order valence-corrected chi connectivity index (χ3v) is 8.15. The van der Waals surface area contributed by atoms with Crippen LogP contribution in [0.1, 0.15) is 41.7 Å². The van der Waals surface area contributed by atoms with Crippen molar-refractivity contribution in [3.63, 3.8) is 0 Å². The number of allylic oxidation sites excluding steroid dienone is 1. The number of aromatic amines is 1. The van der Waals surface area contributed by atoms with Gasteiger partial charge in [0.2, 0.25) is 0 Å². The Morgan fingerprint density at radius 2 is 1.91 bits per heavy atom. The molecule has 0 bridgehead atoms. The molecule has 1 aromatic carbocycles. The molecule has 0 aliphatic carbocycles. The topological polar surface area (TPSA) is 56.3 Å². The second-order valence-electron chi connectivity index (χ2n) is 9.49. The van der Waals surface area contributed by atoms with Crippen LogP contribution in [0.5, 0.6) is 0 Å². The first-order valence-electron chi connectivity index (χ1n) is 12.1. The first kappa shape index (κ1) is 24.2. The summed E-state index contributed by atoms with van der Waals surface area (Å²) in [5.74, 6) is 1.28. The molecule has 1 fully saturated rings. The molecule has 2 aliphatic rings. The van der Waals surface area contributed by atoms with Crippen molar-refractivity contribution in [3.8, 4) is 10.7 Å². The number of H-pyrrole nitrogens is 1. The second-order valence-corrected chi connectivity index (χ2v) is 10.6. The summed E-state index contributed by atoms with van der Waals surface area (Å²) in [5.41, 5.74) is 4.23. The molecule has 9 heteroatoms. The number of piperidine rings is 1. The number of benzene rings is 1. The molecule has 0 spiro atoms. The molecule has 2 aliphatic heterocycles. The number of aromatic nitrogens is 2. The van der Waals surface area contributed by atoms with E-state index in [9.17, 15) is 13.2 Å². The Labute approximate surface area is 207 Å². The normalized spacial score (nSPS) is 20.0. The third-order valence-electron chi connectivity index (χ3n) is 7.03. The molecule has 0 radical (unpaired) electrons. The molecule has 3 aromatic rings. The largest absolute Gasteiger partial charge is 0.414 e. The van der Waals surface area contributed by atoms with Gasteiger partial charge in [0.15, 0.2) is 0 Å². The molecule has 0 saturated carbocycles. The molecule has 5 nitrogen and oxygen atoms in total. The van der Waals surface area contributed by atoms with Crippen molar-refractivity contribution >= 4 is 28.1 Å². The van der Waals surface area contributed by atoms with Gasteiger partial charge < -0.3 is 15.2 Å². The van der Waals surface area contributed by atoms with Crippen molar-refractivity contribution in [1.82, 2.24) is 20.2 Å². The third kappa shape index (κ3) is 4.94. The number of rotatable bonds is 6. The maximum Gasteiger partial charge on any atom is 0.414 e. The van der Waals surface area contributed by atoms with Gasteiger partial charge in [0.1, 0.15) is 5.82 Å². The molecular formula is C26H30F3N5S. The van der Waals surface area contributed by atoms with Gasteiger partial charge in [0.05, 0.1) is 38.1 Å². The number of aryl methyl sites for hydroxylation is 1. The summed E-state index contributed by atoms with van der Waals surface area (Å²) in [6, 6.07) is 7.34. The summed E-state index contributed by atoms with van der Waals surface area (Å²) in [6.07, 6.45) is -0.892. The first-order valence-corrected chi connectivity index (χ1v) is 12.9. The van der Waals surface area contributed by atoms with Crippen LogP contribution in [0.2, 0.25) is 0 Å². The fourth-order valence-corrected chi connectivity index (χ4v) is 5.99. The van der Waals surface area contributed by atoms with E-state index in [1.807, 2.05) is 19.2 Å². The Morgan fingerprint density at radius 3 is 2.60 bits per heavy atom. The van der Waals surface area contributed by atoms with Crippen molar-refractivity contribution in [2.75, 3.05) is 33.2 Å². The first-order chi connectivity index (χ1) is 16.7. The van der Waals surface area contributed by atoms with Crippen molar-refractivity contribution in [2.45, 2.75) is 44.8 Å². The molecule has 186 valence electrons. The number of fused-ring (bicyclic) bond motifs is 1. The Bertz CT molecular complexity index is 1280. The number of nitrogens with zero attached hydrogens (tertiary/aromatic N) is 3. The summed E-state index contributed by atoms with van der Waals surface area (Å²) in [5, 5.41) is 3.22. The van der Waals surface area contributed by atoms with Gasteiger partial charge in [0.25, 0.3) is 0 Å².